The molecule has 0 bridgehead atoms. The van der Waals surface area contributed by atoms with Gasteiger partial charge in [-0.1, -0.05) is 13.8 Å². The van der Waals surface area contributed by atoms with Crippen LogP contribution in [0.25, 0.3) is 0 Å². The van der Waals surface area contributed by atoms with Crippen LogP contribution in [-0.4, -0.2) is 37.3 Å². The fourth-order valence-electron chi connectivity index (χ4n) is 2.75. The molecule has 0 aromatic heterocycles. The highest BCUT2D eigenvalue weighted by Gasteiger charge is 2.24. The molecule has 2 amide bonds. The second-order valence-corrected chi connectivity index (χ2v) is 7.01. The number of carbonyl (C=O) groups excluding carboxylic acids is 2. The van der Waals surface area contributed by atoms with E-state index < -0.39 is 23.7 Å². The van der Waals surface area contributed by atoms with Gasteiger partial charge >= 0.3 is 0 Å². The van der Waals surface area contributed by atoms with Crippen molar-refractivity contribution in [2.75, 3.05) is 13.2 Å². The van der Waals surface area contributed by atoms with Gasteiger partial charge in [0.15, 0.2) is 11.5 Å². The summed E-state index contributed by atoms with van der Waals surface area (Å²) in [5.74, 6) is -0.330. The minimum absolute atomic E-state index is 0.186. The molecular formula is C23H28FN3O4. The quantitative estimate of drug-likeness (QED) is 0.447. The van der Waals surface area contributed by atoms with Gasteiger partial charge in [-0.2, -0.15) is 5.10 Å². The van der Waals surface area contributed by atoms with Gasteiger partial charge in [0.05, 0.1) is 19.4 Å². The van der Waals surface area contributed by atoms with E-state index in [0.717, 1.165) is 0 Å². The number of nitrogens with zero attached hydrogens (tertiary/aromatic N) is 1. The summed E-state index contributed by atoms with van der Waals surface area (Å²) in [6.07, 6.45) is 1.48. The highest BCUT2D eigenvalue weighted by Crippen LogP contribution is 2.27. The topological polar surface area (TPSA) is 89.0 Å². The van der Waals surface area contributed by atoms with Crippen molar-refractivity contribution in [2.24, 2.45) is 11.0 Å². The van der Waals surface area contributed by atoms with Crippen LogP contribution >= 0.6 is 0 Å². The molecule has 0 radical (unpaired) electrons. The molecule has 7 nitrogen and oxygen atoms in total. The van der Waals surface area contributed by atoms with Crippen molar-refractivity contribution in [1.82, 2.24) is 10.7 Å². The van der Waals surface area contributed by atoms with E-state index in [2.05, 4.69) is 15.8 Å². The van der Waals surface area contributed by atoms with E-state index in [9.17, 15) is 14.0 Å². The van der Waals surface area contributed by atoms with Crippen molar-refractivity contribution in [2.45, 2.75) is 33.7 Å². The van der Waals surface area contributed by atoms with Gasteiger partial charge in [0, 0.05) is 5.56 Å². The Morgan fingerprint density at radius 3 is 2.29 bits per heavy atom. The predicted molar refractivity (Wildman–Crippen MR) is 117 cm³/mol. The van der Waals surface area contributed by atoms with Gasteiger partial charge in [0.1, 0.15) is 11.9 Å². The molecule has 1 unspecified atom stereocenters. The number of benzene rings is 2. The lowest BCUT2D eigenvalue weighted by molar-refractivity contribution is -0.123. The van der Waals surface area contributed by atoms with E-state index in [1.54, 1.807) is 32.0 Å². The van der Waals surface area contributed by atoms with Crippen LogP contribution in [0.1, 0.15) is 43.6 Å². The normalized spacial score (nSPS) is 11.9. The maximum Gasteiger partial charge on any atom is 0.262 e. The lowest BCUT2D eigenvalue weighted by Gasteiger charge is -2.20. The fourth-order valence-corrected chi connectivity index (χ4v) is 2.75. The molecule has 0 aliphatic heterocycles. The van der Waals surface area contributed by atoms with E-state index in [1.807, 2.05) is 13.8 Å². The summed E-state index contributed by atoms with van der Waals surface area (Å²) in [5.41, 5.74) is 3.43. The van der Waals surface area contributed by atoms with Gasteiger partial charge in [-0.25, -0.2) is 9.82 Å². The molecule has 8 heteroatoms. The van der Waals surface area contributed by atoms with E-state index in [0.29, 0.717) is 30.3 Å². The molecule has 2 aromatic carbocycles. The van der Waals surface area contributed by atoms with Crippen molar-refractivity contribution in [1.29, 1.82) is 0 Å². The Hall–Kier alpha value is -3.42. The highest BCUT2D eigenvalue weighted by molar-refractivity contribution is 5.97. The summed E-state index contributed by atoms with van der Waals surface area (Å²) in [4.78, 5) is 24.9. The maximum absolute atomic E-state index is 13.1. The van der Waals surface area contributed by atoms with E-state index >= 15 is 0 Å². The van der Waals surface area contributed by atoms with Crippen LogP contribution in [0.4, 0.5) is 4.39 Å². The van der Waals surface area contributed by atoms with E-state index in [1.165, 1.54) is 30.5 Å². The monoisotopic (exact) mass is 429 g/mol. The van der Waals surface area contributed by atoms with Crippen LogP contribution in [0.3, 0.4) is 0 Å². The first-order valence-corrected chi connectivity index (χ1v) is 10.1. The van der Waals surface area contributed by atoms with Crippen LogP contribution in [-0.2, 0) is 4.79 Å². The number of halogens is 1. The Balaban J connectivity index is 2.04. The van der Waals surface area contributed by atoms with Crippen molar-refractivity contribution in [3.05, 3.63) is 59.4 Å². The zero-order valence-electron chi connectivity index (χ0n) is 18.1. The molecule has 31 heavy (non-hydrogen) atoms. The molecule has 0 saturated carbocycles. The van der Waals surface area contributed by atoms with Gasteiger partial charge < -0.3 is 14.8 Å². The van der Waals surface area contributed by atoms with Gasteiger partial charge in [-0.15, -0.1) is 0 Å². The highest BCUT2D eigenvalue weighted by atomic mass is 19.1. The fraction of sp³-hybridized carbons (Fsp3) is 0.348. The molecule has 0 saturated heterocycles. The molecule has 0 aliphatic rings. The van der Waals surface area contributed by atoms with Gasteiger partial charge in [0.25, 0.3) is 11.8 Å². The zero-order chi connectivity index (χ0) is 22.8. The number of carbonyl (C=O) groups is 2. The Kier molecular flexibility index (Phi) is 8.99. The smallest absolute Gasteiger partial charge is 0.262 e. The van der Waals surface area contributed by atoms with Crippen LogP contribution in [0.2, 0.25) is 0 Å². The van der Waals surface area contributed by atoms with Gasteiger partial charge in [-0.05, 0) is 67.8 Å². The third-order valence-electron chi connectivity index (χ3n) is 4.30. The number of hydrogen-bond donors (Lipinski definition) is 2. The van der Waals surface area contributed by atoms with Gasteiger partial charge in [-0.3, -0.25) is 9.59 Å². The number of hydrazone groups is 1. The summed E-state index contributed by atoms with van der Waals surface area (Å²) < 4.78 is 24.2. The van der Waals surface area contributed by atoms with Crippen molar-refractivity contribution >= 4 is 18.0 Å². The summed E-state index contributed by atoms with van der Waals surface area (Å²) in [5, 5.41) is 6.66. The molecular weight excluding hydrogens is 401 g/mol. The molecule has 0 heterocycles. The first-order valence-electron chi connectivity index (χ1n) is 10.1. The van der Waals surface area contributed by atoms with Crippen LogP contribution in [0, 0.1) is 11.7 Å². The van der Waals surface area contributed by atoms with Crippen LogP contribution < -0.4 is 20.2 Å². The van der Waals surface area contributed by atoms with Crippen molar-refractivity contribution < 1.29 is 23.5 Å². The second-order valence-electron chi connectivity index (χ2n) is 7.01. The molecule has 2 aromatic rings. The van der Waals surface area contributed by atoms with Crippen LogP contribution in [0.15, 0.2) is 47.6 Å². The third kappa shape index (κ3) is 7.09. The zero-order valence-corrected chi connectivity index (χ0v) is 18.1. The lowest BCUT2D eigenvalue weighted by Crippen LogP contribution is -2.48. The van der Waals surface area contributed by atoms with Crippen molar-refractivity contribution in [3.63, 3.8) is 0 Å². The average molecular weight is 429 g/mol. The molecule has 0 spiro atoms. The molecule has 0 fully saturated rings. The predicted octanol–water partition coefficient (Wildman–Crippen LogP) is 3.53. The second kappa shape index (κ2) is 11.7. The molecule has 2 N–H and O–H groups in total. The Morgan fingerprint density at radius 1 is 1.03 bits per heavy atom. The SMILES string of the molecule is CCOc1ccc(/C=N/NC(=O)C(NC(=O)c2ccc(F)cc2)C(C)C)cc1OCC. The first-order chi connectivity index (χ1) is 14.8. The maximum atomic E-state index is 13.1. The average Bonchev–Trinajstić information content (AvgIpc) is 2.74. The van der Waals surface area contributed by atoms with E-state index in [-0.39, 0.29) is 11.5 Å². The summed E-state index contributed by atoms with van der Waals surface area (Å²) in [6, 6.07) is 9.62. The number of nitrogens with one attached hydrogen (secondary N) is 2. The van der Waals surface area contributed by atoms with E-state index in [4.69, 9.17) is 9.47 Å². The number of ether oxygens (including phenoxy) is 2. The molecule has 2 rings (SSSR count). The third-order valence-corrected chi connectivity index (χ3v) is 4.30. The largest absolute Gasteiger partial charge is 0.490 e. The number of amides is 2. The molecule has 166 valence electrons. The summed E-state index contributed by atoms with van der Waals surface area (Å²) >= 11 is 0. The Morgan fingerprint density at radius 2 is 1.68 bits per heavy atom. The summed E-state index contributed by atoms with van der Waals surface area (Å²) in [6.45, 7) is 8.38. The number of rotatable bonds is 10. The minimum Gasteiger partial charge on any atom is -0.490 e. The first kappa shape index (κ1) is 23.9. The van der Waals surface area contributed by atoms with Gasteiger partial charge in [0.2, 0.25) is 0 Å². The standard InChI is InChI=1S/C23H28FN3O4/c1-5-30-19-12-7-16(13-20(19)31-6-2)14-25-27-23(29)21(15(3)4)26-22(28)17-8-10-18(24)11-9-17/h7-15,21H,5-6H2,1-4H3,(H,26,28)(H,27,29)/b25-14+. The summed E-state index contributed by atoms with van der Waals surface area (Å²) in [7, 11) is 0. The minimum atomic E-state index is -0.811. The Bertz CT molecular complexity index is 914. The number of hydrogen-bond acceptors (Lipinski definition) is 5. The molecule has 1 atom stereocenters. The molecule has 0 aliphatic carbocycles. The Labute approximate surface area is 181 Å². The van der Waals surface area contributed by atoms with Crippen LogP contribution in [0.5, 0.6) is 11.5 Å². The lowest BCUT2D eigenvalue weighted by atomic mass is 10.0. The van der Waals surface area contributed by atoms with Crippen molar-refractivity contribution in [3.8, 4) is 11.5 Å².